The first-order chi connectivity index (χ1) is 17.8. The van der Waals surface area contributed by atoms with E-state index in [1.165, 1.54) is 42.6 Å². The zero-order valence-corrected chi connectivity index (χ0v) is 21.6. The number of fused-ring (bicyclic) bond motifs is 1. The van der Waals surface area contributed by atoms with Crippen molar-refractivity contribution in [3.05, 3.63) is 64.7 Å². The Morgan fingerprint density at radius 1 is 1.05 bits per heavy atom. The largest absolute Gasteiger partial charge is 0.416 e. The highest BCUT2D eigenvalue weighted by Crippen LogP contribution is 2.34. The minimum Gasteiger partial charge on any atom is -0.376 e. The van der Waals surface area contributed by atoms with Crippen LogP contribution in [0.5, 0.6) is 0 Å². The van der Waals surface area contributed by atoms with Gasteiger partial charge in [0.05, 0.1) is 12.1 Å². The quantitative estimate of drug-likeness (QED) is 0.458. The average Bonchev–Trinajstić information content (AvgIpc) is 3.79. The molecule has 0 aromatic heterocycles. The van der Waals surface area contributed by atoms with E-state index in [0.717, 1.165) is 50.0 Å². The molecule has 200 valence electrons. The van der Waals surface area contributed by atoms with Crippen LogP contribution in [-0.4, -0.2) is 66.4 Å². The van der Waals surface area contributed by atoms with Gasteiger partial charge in [-0.1, -0.05) is 30.3 Å². The lowest BCUT2D eigenvalue weighted by molar-refractivity contribution is -0.139. The molecule has 37 heavy (non-hydrogen) atoms. The van der Waals surface area contributed by atoms with Gasteiger partial charge in [0.25, 0.3) is 0 Å². The van der Waals surface area contributed by atoms with E-state index < -0.39 is 11.7 Å². The molecule has 0 radical (unpaired) electrons. The van der Waals surface area contributed by atoms with Crippen LogP contribution in [-0.2, 0) is 30.5 Å². The molecule has 8 heteroatoms. The molecule has 2 aromatic rings. The van der Waals surface area contributed by atoms with Gasteiger partial charge in [0.1, 0.15) is 0 Å². The SMILES string of the molecule is CN(CCN(Cc1ccccc1C(F)(F)F)C(=O)CNc1cccc2c1CCN(CC1CC1)C2)C1CC1. The summed E-state index contributed by atoms with van der Waals surface area (Å²) in [5, 5.41) is 3.33. The van der Waals surface area contributed by atoms with Crippen molar-refractivity contribution in [3.63, 3.8) is 0 Å². The zero-order chi connectivity index (χ0) is 26.0. The number of hydrogen-bond donors (Lipinski definition) is 1. The number of alkyl halides is 3. The van der Waals surface area contributed by atoms with Crippen LogP contribution in [0.1, 0.15) is 47.9 Å². The maximum Gasteiger partial charge on any atom is 0.416 e. The standard InChI is InChI=1S/C29H37F3N4O/c1-34(24-11-12-24)15-16-36(20-23-5-2-3-7-26(23)29(30,31)32)28(37)17-33-27-8-4-6-22-19-35(14-13-25(22)27)18-21-9-10-21/h2-8,21,24,33H,9-20H2,1H3. The van der Waals surface area contributed by atoms with Crippen molar-refractivity contribution in [3.8, 4) is 0 Å². The van der Waals surface area contributed by atoms with Gasteiger partial charge in [0.15, 0.2) is 0 Å². The van der Waals surface area contributed by atoms with Gasteiger partial charge in [-0.3, -0.25) is 9.69 Å². The van der Waals surface area contributed by atoms with Gasteiger partial charge in [-0.15, -0.1) is 0 Å². The van der Waals surface area contributed by atoms with Crippen molar-refractivity contribution in [1.29, 1.82) is 0 Å². The summed E-state index contributed by atoms with van der Waals surface area (Å²) >= 11 is 0. The lowest BCUT2D eigenvalue weighted by atomic mass is 9.97. The van der Waals surface area contributed by atoms with Gasteiger partial charge in [-0.05, 0) is 73.9 Å². The van der Waals surface area contributed by atoms with Crippen molar-refractivity contribution in [1.82, 2.24) is 14.7 Å². The van der Waals surface area contributed by atoms with Gasteiger partial charge in [-0.2, -0.15) is 13.2 Å². The first kappa shape index (κ1) is 26.0. The fourth-order valence-corrected chi connectivity index (χ4v) is 5.35. The second-order valence-corrected chi connectivity index (χ2v) is 10.9. The van der Waals surface area contributed by atoms with Crippen LogP contribution in [0, 0.1) is 5.92 Å². The van der Waals surface area contributed by atoms with E-state index in [9.17, 15) is 18.0 Å². The first-order valence-electron chi connectivity index (χ1n) is 13.5. The number of anilines is 1. The third-order valence-electron chi connectivity index (χ3n) is 7.92. The Hall–Kier alpha value is -2.58. The van der Waals surface area contributed by atoms with Crippen LogP contribution in [0.4, 0.5) is 18.9 Å². The topological polar surface area (TPSA) is 38.8 Å². The van der Waals surface area contributed by atoms with Gasteiger partial charge in [0.2, 0.25) is 5.91 Å². The summed E-state index contributed by atoms with van der Waals surface area (Å²) in [7, 11) is 2.02. The Morgan fingerprint density at radius 2 is 1.84 bits per heavy atom. The molecule has 2 saturated carbocycles. The summed E-state index contributed by atoms with van der Waals surface area (Å²) in [6.07, 6.45) is 1.44. The summed E-state index contributed by atoms with van der Waals surface area (Å²) in [6, 6.07) is 12.3. The molecule has 5 rings (SSSR count). The lowest BCUT2D eigenvalue weighted by Crippen LogP contribution is -2.41. The highest BCUT2D eigenvalue weighted by atomic mass is 19.4. The van der Waals surface area contributed by atoms with E-state index in [4.69, 9.17) is 0 Å². The summed E-state index contributed by atoms with van der Waals surface area (Å²) in [6.45, 7) is 4.15. The smallest absolute Gasteiger partial charge is 0.376 e. The Kier molecular flexibility index (Phi) is 7.77. The number of nitrogens with zero attached hydrogens (tertiary/aromatic N) is 3. The molecular formula is C29H37F3N4O. The first-order valence-corrected chi connectivity index (χ1v) is 13.5. The number of benzene rings is 2. The van der Waals surface area contributed by atoms with Crippen molar-refractivity contribution < 1.29 is 18.0 Å². The maximum absolute atomic E-state index is 13.6. The van der Waals surface area contributed by atoms with Crippen molar-refractivity contribution in [2.75, 3.05) is 45.1 Å². The Morgan fingerprint density at radius 3 is 2.57 bits per heavy atom. The number of halogens is 3. The fraction of sp³-hybridized carbons (Fsp3) is 0.552. The Balaban J connectivity index is 1.26. The van der Waals surface area contributed by atoms with Gasteiger partial charge >= 0.3 is 6.18 Å². The number of carbonyl (C=O) groups is 1. The van der Waals surface area contributed by atoms with Crippen molar-refractivity contribution in [2.24, 2.45) is 5.92 Å². The molecule has 3 aliphatic rings. The number of nitrogens with one attached hydrogen (secondary N) is 1. The van der Waals surface area contributed by atoms with E-state index >= 15 is 0 Å². The number of hydrogen-bond acceptors (Lipinski definition) is 4. The molecule has 1 amide bonds. The van der Waals surface area contributed by atoms with Crippen LogP contribution < -0.4 is 5.32 Å². The highest BCUT2D eigenvalue weighted by Gasteiger charge is 2.34. The van der Waals surface area contributed by atoms with E-state index in [2.05, 4.69) is 21.2 Å². The average molecular weight is 515 g/mol. The van der Waals surface area contributed by atoms with Crippen LogP contribution in [0.15, 0.2) is 42.5 Å². The van der Waals surface area contributed by atoms with Gasteiger partial charge in [0, 0.05) is 51.0 Å². The second kappa shape index (κ2) is 11.0. The predicted octanol–water partition coefficient (Wildman–Crippen LogP) is 5.01. The molecule has 2 aromatic carbocycles. The van der Waals surface area contributed by atoms with Crippen LogP contribution in [0.2, 0.25) is 0 Å². The molecule has 5 nitrogen and oxygen atoms in total. The maximum atomic E-state index is 13.6. The fourth-order valence-electron chi connectivity index (χ4n) is 5.35. The summed E-state index contributed by atoms with van der Waals surface area (Å²) in [5.41, 5.74) is 2.97. The molecule has 0 bridgehead atoms. The van der Waals surface area contributed by atoms with Gasteiger partial charge in [-0.25, -0.2) is 0 Å². The second-order valence-electron chi connectivity index (χ2n) is 10.9. The Bertz CT molecular complexity index is 1100. The molecule has 0 spiro atoms. The van der Waals surface area contributed by atoms with Crippen molar-refractivity contribution in [2.45, 2.75) is 57.4 Å². The third-order valence-corrected chi connectivity index (χ3v) is 7.92. The monoisotopic (exact) mass is 514 g/mol. The third kappa shape index (κ3) is 6.85. The number of likely N-dealkylation sites (N-methyl/N-ethyl adjacent to an activating group) is 1. The molecule has 2 aliphatic carbocycles. The van der Waals surface area contributed by atoms with Crippen LogP contribution >= 0.6 is 0 Å². The zero-order valence-electron chi connectivity index (χ0n) is 21.6. The van der Waals surface area contributed by atoms with E-state index in [1.54, 1.807) is 11.0 Å². The molecule has 0 saturated heterocycles. The summed E-state index contributed by atoms with van der Waals surface area (Å²) in [4.78, 5) is 19.7. The number of amides is 1. The Labute approximate surface area is 217 Å². The molecule has 1 aliphatic heterocycles. The van der Waals surface area contributed by atoms with Crippen LogP contribution in [0.3, 0.4) is 0 Å². The van der Waals surface area contributed by atoms with E-state index in [-0.39, 0.29) is 24.6 Å². The molecular weight excluding hydrogens is 477 g/mol. The lowest BCUT2D eigenvalue weighted by Gasteiger charge is -2.31. The minimum atomic E-state index is -4.45. The van der Waals surface area contributed by atoms with Gasteiger partial charge < -0.3 is 15.1 Å². The van der Waals surface area contributed by atoms with Crippen LogP contribution in [0.25, 0.3) is 0 Å². The molecule has 0 unspecified atom stereocenters. The normalized spacial score (nSPS) is 18.1. The highest BCUT2D eigenvalue weighted by molar-refractivity contribution is 5.81. The number of carbonyl (C=O) groups excluding carboxylic acids is 1. The van der Waals surface area contributed by atoms with Crippen molar-refractivity contribution >= 4 is 11.6 Å². The van der Waals surface area contributed by atoms with E-state index in [0.29, 0.717) is 19.1 Å². The van der Waals surface area contributed by atoms with E-state index in [1.807, 2.05) is 19.2 Å². The summed E-state index contributed by atoms with van der Waals surface area (Å²) < 4.78 is 40.9. The summed E-state index contributed by atoms with van der Waals surface area (Å²) in [5.74, 6) is 0.665. The molecule has 2 fully saturated rings. The molecule has 0 atom stereocenters. The number of rotatable bonds is 11. The molecule has 1 heterocycles. The minimum absolute atomic E-state index is 0.0578. The predicted molar refractivity (Wildman–Crippen MR) is 139 cm³/mol. The molecule has 1 N–H and O–H groups in total.